The number of nitrogens with zero attached hydrogens (tertiary/aromatic N) is 2. The van der Waals surface area contributed by atoms with Crippen LogP contribution in [-0.4, -0.2) is 33.4 Å². The number of benzene rings is 1. The van der Waals surface area contributed by atoms with E-state index >= 15 is 0 Å². The van der Waals surface area contributed by atoms with Gasteiger partial charge >= 0.3 is 5.97 Å². The molecule has 144 valence electrons. The highest BCUT2D eigenvalue weighted by molar-refractivity contribution is 6.30. The van der Waals surface area contributed by atoms with Gasteiger partial charge in [0.05, 0.1) is 28.9 Å². The molecule has 0 bridgehead atoms. The van der Waals surface area contributed by atoms with Crippen LogP contribution in [0.25, 0.3) is 0 Å². The number of carbonyl (C=O) groups excluding carboxylic acids is 1. The summed E-state index contributed by atoms with van der Waals surface area (Å²) in [6, 6.07) is 4.34. The molecule has 27 heavy (non-hydrogen) atoms. The summed E-state index contributed by atoms with van der Waals surface area (Å²) in [7, 11) is 0. The van der Waals surface area contributed by atoms with Crippen LogP contribution in [0, 0.1) is 11.7 Å². The van der Waals surface area contributed by atoms with E-state index < -0.39 is 29.3 Å². The molecule has 2 atom stereocenters. The first-order valence-corrected chi connectivity index (χ1v) is 8.74. The van der Waals surface area contributed by atoms with Gasteiger partial charge in [-0.2, -0.15) is 5.10 Å². The molecule has 1 aromatic carbocycles. The summed E-state index contributed by atoms with van der Waals surface area (Å²) in [4.78, 5) is 24.0. The summed E-state index contributed by atoms with van der Waals surface area (Å²) < 4.78 is 20.6. The van der Waals surface area contributed by atoms with Crippen LogP contribution >= 0.6 is 11.6 Å². The number of anilines is 1. The minimum Gasteiger partial charge on any atom is -0.479 e. The molecule has 0 saturated carbocycles. The van der Waals surface area contributed by atoms with Gasteiger partial charge in [0.25, 0.3) is 0 Å². The maximum absolute atomic E-state index is 13.7. The van der Waals surface area contributed by atoms with Gasteiger partial charge in [-0.15, -0.1) is 0 Å². The van der Waals surface area contributed by atoms with Crippen LogP contribution in [0.1, 0.15) is 31.9 Å². The van der Waals surface area contributed by atoms with Crippen molar-refractivity contribution in [3.8, 4) is 0 Å². The lowest BCUT2D eigenvalue weighted by atomic mass is 9.94. The van der Waals surface area contributed by atoms with Crippen molar-refractivity contribution < 1.29 is 23.8 Å². The summed E-state index contributed by atoms with van der Waals surface area (Å²) in [5, 5.41) is 16.0. The zero-order valence-corrected chi connectivity index (χ0v) is 15.5. The number of aliphatic carboxylic acids is 1. The fraction of sp³-hybridized carbons (Fsp3) is 0.389. The zero-order valence-electron chi connectivity index (χ0n) is 14.8. The quantitative estimate of drug-likeness (QED) is 0.810. The number of carboxylic acid groups (broad SMARTS) is 1. The van der Waals surface area contributed by atoms with Crippen LogP contribution in [-0.2, 0) is 19.9 Å². The van der Waals surface area contributed by atoms with E-state index in [1.54, 1.807) is 6.07 Å². The molecule has 1 aromatic heterocycles. The summed E-state index contributed by atoms with van der Waals surface area (Å²) in [5.41, 5.74) is -0.331. The van der Waals surface area contributed by atoms with Crippen LogP contribution in [0.15, 0.2) is 30.6 Å². The van der Waals surface area contributed by atoms with Crippen LogP contribution in [0.3, 0.4) is 0 Å². The Balaban J connectivity index is 1.75. The topological polar surface area (TPSA) is 93.5 Å². The monoisotopic (exact) mass is 395 g/mol. The van der Waals surface area contributed by atoms with Gasteiger partial charge in [0, 0.05) is 12.8 Å². The van der Waals surface area contributed by atoms with Crippen LogP contribution in [0.4, 0.5) is 10.1 Å². The van der Waals surface area contributed by atoms with Crippen LogP contribution < -0.4 is 5.32 Å². The molecule has 2 N–H and O–H groups in total. The number of rotatable bonds is 5. The number of amides is 1. The molecule has 1 aliphatic rings. The van der Waals surface area contributed by atoms with E-state index in [9.17, 15) is 19.1 Å². The van der Waals surface area contributed by atoms with Crippen LogP contribution in [0.5, 0.6) is 0 Å². The Morgan fingerprint density at radius 3 is 2.85 bits per heavy atom. The number of aromatic nitrogens is 2. The van der Waals surface area contributed by atoms with Crippen molar-refractivity contribution in [3.05, 3.63) is 47.0 Å². The molecular weight excluding hydrogens is 377 g/mol. The number of carbonyl (C=O) groups is 2. The number of hydrogen-bond donors (Lipinski definition) is 2. The molecule has 2 aromatic rings. The molecule has 9 heteroatoms. The van der Waals surface area contributed by atoms with E-state index in [2.05, 4.69) is 10.4 Å². The van der Waals surface area contributed by atoms with Crippen molar-refractivity contribution in [3.63, 3.8) is 0 Å². The Morgan fingerprint density at radius 1 is 1.44 bits per heavy atom. The lowest BCUT2D eigenvalue weighted by Gasteiger charge is -2.20. The predicted molar refractivity (Wildman–Crippen MR) is 96.0 cm³/mol. The van der Waals surface area contributed by atoms with Crippen molar-refractivity contribution in [2.75, 3.05) is 11.9 Å². The number of ether oxygens (including phenoxy) is 1. The van der Waals surface area contributed by atoms with Gasteiger partial charge in [0.1, 0.15) is 5.82 Å². The second-order valence-electron chi connectivity index (χ2n) is 6.89. The molecule has 0 unspecified atom stereocenters. The Bertz CT molecular complexity index is 883. The predicted octanol–water partition coefficient (Wildman–Crippen LogP) is 3.21. The molecular formula is C18H19ClFN3O4. The van der Waals surface area contributed by atoms with Crippen molar-refractivity contribution in [1.82, 2.24) is 9.78 Å². The molecule has 1 fully saturated rings. The summed E-state index contributed by atoms with van der Waals surface area (Å²) in [6.07, 6.45) is 2.74. The first kappa shape index (κ1) is 19.3. The van der Waals surface area contributed by atoms with Crippen LogP contribution in [0.2, 0.25) is 5.02 Å². The summed E-state index contributed by atoms with van der Waals surface area (Å²) >= 11 is 5.71. The van der Waals surface area contributed by atoms with E-state index in [-0.39, 0.29) is 10.9 Å². The van der Waals surface area contributed by atoms with Gasteiger partial charge in [0.2, 0.25) is 5.91 Å². The Morgan fingerprint density at radius 2 is 2.19 bits per heavy atom. The standard InChI is InChI=1S/C18H19ClFN3O4/c1-18(2,17(25)26)23-9-11(8-21-23)22-16(24)12-5-6-27-15(12)10-3-4-13(19)14(20)7-10/h3-4,7-9,12,15H,5-6H2,1-2H3,(H,22,24)(H,25,26)/t12-,15+/m1/s1. The SMILES string of the molecule is CC(C)(C(=O)O)n1cc(NC(=O)[C@@H]2CCO[C@H]2c2ccc(Cl)c(F)c2)cn1. The normalized spacial score (nSPS) is 19.9. The maximum Gasteiger partial charge on any atom is 0.331 e. The summed E-state index contributed by atoms with van der Waals surface area (Å²) in [5.74, 6) is -2.43. The maximum atomic E-state index is 13.7. The van der Waals surface area contributed by atoms with E-state index in [0.29, 0.717) is 24.3 Å². The Kier molecular flexibility index (Phi) is 5.21. The minimum atomic E-state index is -1.25. The highest BCUT2D eigenvalue weighted by atomic mass is 35.5. The number of hydrogen-bond acceptors (Lipinski definition) is 4. The molecule has 0 radical (unpaired) electrons. The highest BCUT2D eigenvalue weighted by Crippen LogP contribution is 2.36. The van der Waals surface area contributed by atoms with E-state index in [4.69, 9.17) is 16.3 Å². The molecule has 0 aliphatic carbocycles. The highest BCUT2D eigenvalue weighted by Gasteiger charge is 2.36. The van der Waals surface area contributed by atoms with Gasteiger partial charge in [-0.3, -0.25) is 9.48 Å². The van der Waals surface area contributed by atoms with E-state index in [0.717, 1.165) is 0 Å². The minimum absolute atomic E-state index is 0.00575. The molecule has 1 aliphatic heterocycles. The lowest BCUT2D eigenvalue weighted by Crippen LogP contribution is -2.36. The third-order valence-corrected chi connectivity index (χ3v) is 4.95. The van der Waals surface area contributed by atoms with E-state index in [1.165, 1.54) is 43.1 Å². The smallest absolute Gasteiger partial charge is 0.331 e. The average Bonchev–Trinajstić information content (AvgIpc) is 3.26. The van der Waals surface area contributed by atoms with Crippen molar-refractivity contribution in [2.24, 2.45) is 5.92 Å². The number of nitrogens with one attached hydrogen (secondary N) is 1. The van der Waals surface area contributed by atoms with Gasteiger partial charge in [-0.1, -0.05) is 17.7 Å². The van der Waals surface area contributed by atoms with Crippen molar-refractivity contribution >= 4 is 29.2 Å². The molecule has 1 saturated heterocycles. The third-order valence-electron chi connectivity index (χ3n) is 4.65. The first-order valence-electron chi connectivity index (χ1n) is 8.36. The fourth-order valence-corrected chi connectivity index (χ4v) is 3.02. The average molecular weight is 396 g/mol. The van der Waals surface area contributed by atoms with E-state index in [1.807, 2.05) is 0 Å². The first-order chi connectivity index (χ1) is 12.7. The van der Waals surface area contributed by atoms with Crippen molar-refractivity contribution in [2.45, 2.75) is 31.9 Å². The zero-order chi connectivity index (χ0) is 19.8. The van der Waals surface area contributed by atoms with Crippen molar-refractivity contribution in [1.29, 1.82) is 0 Å². The molecule has 7 nitrogen and oxygen atoms in total. The van der Waals surface area contributed by atoms with Gasteiger partial charge < -0.3 is 15.2 Å². The molecule has 3 rings (SSSR count). The lowest BCUT2D eigenvalue weighted by molar-refractivity contribution is -0.146. The largest absolute Gasteiger partial charge is 0.479 e. The summed E-state index contributed by atoms with van der Waals surface area (Å²) in [6.45, 7) is 3.38. The Hall–Kier alpha value is -2.45. The second kappa shape index (κ2) is 7.28. The third kappa shape index (κ3) is 3.81. The number of carboxylic acids is 1. The number of halogens is 2. The molecule has 1 amide bonds. The fourth-order valence-electron chi connectivity index (χ4n) is 2.90. The van der Waals surface area contributed by atoms with Gasteiger partial charge in [-0.25, -0.2) is 9.18 Å². The molecule has 0 spiro atoms. The Labute approximate surface area is 160 Å². The molecule has 2 heterocycles. The van der Waals surface area contributed by atoms with Gasteiger partial charge in [0.15, 0.2) is 5.54 Å². The second-order valence-corrected chi connectivity index (χ2v) is 7.29. The van der Waals surface area contributed by atoms with Gasteiger partial charge in [-0.05, 0) is 38.0 Å².